The van der Waals surface area contributed by atoms with Crippen molar-refractivity contribution >= 4 is 11.8 Å². The predicted octanol–water partition coefficient (Wildman–Crippen LogP) is 1.80. The van der Waals surface area contributed by atoms with Crippen LogP contribution in [-0.2, 0) is 9.59 Å². The molecule has 17 heavy (non-hydrogen) atoms. The molecule has 0 unspecified atom stereocenters. The fourth-order valence-corrected chi connectivity index (χ4v) is 1.57. The van der Waals surface area contributed by atoms with Gasteiger partial charge in [0.2, 0.25) is 11.8 Å². The first-order valence-corrected chi connectivity index (χ1v) is 6.49. The molecule has 0 fully saturated rings. The smallest absolute Gasteiger partial charge is 0.220 e. The molecule has 0 atom stereocenters. The molecule has 0 aliphatic rings. The van der Waals surface area contributed by atoms with Gasteiger partial charge in [-0.05, 0) is 12.3 Å². The zero-order valence-electron chi connectivity index (χ0n) is 11.6. The van der Waals surface area contributed by atoms with Gasteiger partial charge < -0.3 is 10.2 Å². The van der Waals surface area contributed by atoms with E-state index >= 15 is 0 Å². The molecule has 0 saturated carbocycles. The van der Waals surface area contributed by atoms with Gasteiger partial charge in [0.15, 0.2) is 0 Å². The average molecular weight is 242 g/mol. The molecule has 0 rings (SSSR count). The van der Waals surface area contributed by atoms with Gasteiger partial charge in [0, 0.05) is 33.0 Å². The van der Waals surface area contributed by atoms with Gasteiger partial charge in [-0.3, -0.25) is 9.59 Å². The molecule has 4 heteroatoms. The summed E-state index contributed by atoms with van der Waals surface area (Å²) in [6.07, 6.45) is 2.54. The molecule has 0 aromatic rings. The molecule has 100 valence electrons. The zero-order valence-corrected chi connectivity index (χ0v) is 11.6. The van der Waals surface area contributed by atoms with E-state index in [2.05, 4.69) is 26.1 Å². The van der Waals surface area contributed by atoms with Crippen molar-refractivity contribution in [3.63, 3.8) is 0 Å². The molecule has 0 aromatic heterocycles. The first-order valence-electron chi connectivity index (χ1n) is 6.49. The van der Waals surface area contributed by atoms with Crippen molar-refractivity contribution in [1.82, 2.24) is 10.2 Å². The molecule has 0 spiro atoms. The molecule has 0 aliphatic heterocycles. The molecule has 0 saturated heterocycles. The van der Waals surface area contributed by atoms with Crippen LogP contribution in [-0.4, -0.2) is 36.3 Å². The van der Waals surface area contributed by atoms with Gasteiger partial charge in [-0.1, -0.05) is 27.2 Å². The van der Waals surface area contributed by atoms with Crippen LogP contribution < -0.4 is 5.32 Å². The van der Waals surface area contributed by atoms with E-state index in [1.165, 1.54) is 0 Å². The van der Waals surface area contributed by atoms with Crippen molar-refractivity contribution in [2.45, 2.75) is 47.0 Å². The minimum Gasteiger partial charge on any atom is -0.354 e. The Morgan fingerprint density at radius 1 is 1.29 bits per heavy atom. The first kappa shape index (κ1) is 15.9. The maximum Gasteiger partial charge on any atom is 0.220 e. The van der Waals surface area contributed by atoms with Crippen LogP contribution in [0.15, 0.2) is 0 Å². The van der Waals surface area contributed by atoms with Crippen molar-refractivity contribution in [3.8, 4) is 0 Å². The quantitative estimate of drug-likeness (QED) is 0.705. The Labute approximate surface area is 105 Å². The highest BCUT2D eigenvalue weighted by molar-refractivity contribution is 5.76. The predicted molar refractivity (Wildman–Crippen MR) is 69.6 cm³/mol. The van der Waals surface area contributed by atoms with Crippen LogP contribution in [0, 0.1) is 5.92 Å². The molecule has 0 heterocycles. The Balaban J connectivity index is 3.82. The fraction of sp³-hybridized carbons (Fsp3) is 0.846. The number of amides is 2. The van der Waals surface area contributed by atoms with Crippen LogP contribution in [0.3, 0.4) is 0 Å². The van der Waals surface area contributed by atoms with Gasteiger partial charge in [-0.25, -0.2) is 0 Å². The standard InChI is InChI=1S/C13H26N2O2/c1-5-6-7-13(17)14-8-9-15(12(4)16)10-11(2)3/h11H,5-10H2,1-4H3,(H,14,17). The number of nitrogens with zero attached hydrogens (tertiary/aromatic N) is 1. The van der Waals surface area contributed by atoms with Crippen molar-refractivity contribution in [2.75, 3.05) is 19.6 Å². The molecular formula is C13H26N2O2. The SMILES string of the molecule is CCCCC(=O)NCCN(CC(C)C)C(C)=O. The van der Waals surface area contributed by atoms with E-state index in [0.717, 1.165) is 19.4 Å². The average Bonchev–Trinajstić information content (AvgIpc) is 2.24. The second kappa shape index (κ2) is 9.02. The minimum absolute atomic E-state index is 0.0708. The van der Waals surface area contributed by atoms with Crippen molar-refractivity contribution in [3.05, 3.63) is 0 Å². The maximum atomic E-state index is 11.4. The van der Waals surface area contributed by atoms with E-state index in [-0.39, 0.29) is 11.8 Å². The number of hydrogen-bond donors (Lipinski definition) is 1. The number of carbonyl (C=O) groups is 2. The van der Waals surface area contributed by atoms with Gasteiger partial charge >= 0.3 is 0 Å². The van der Waals surface area contributed by atoms with Crippen molar-refractivity contribution < 1.29 is 9.59 Å². The first-order chi connectivity index (χ1) is 7.97. The second-order valence-electron chi connectivity index (χ2n) is 4.81. The van der Waals surface area contributed by atoms with E-state index in [1.54, 1.807) is 11.8 Å². The second-order valence-corrected chi connectivity index (χ2v) is 4.81. The third-order valence-electron chi connectivity index (χ3n) is 2.49. The molecule has 0 aliphatic carbocycles. The molecule has 0 bridgehead atoms. The van der Waals surface area contributed by atoms with Gasteiger partial charge in [0.1, 0.15) is 0 Å². The highest BCUT2D eigenvalue weighted by Gasteiger charge is 2.10. The largest absolute Gasteiger partial charge is 0.354 e. The third-order valence-corrected chi connectivity index (χ3v) is 2.49. The zero-order chi connectivity index (χ0) is 13.3. The highest BCUT2D eigenvalue weighted by atomic mass is 16.2. The molecule has 2 amide bonds. The third kappa shape index (κ3) is 8.72. The summed E-state index contributed by atoms with van der Waals surface area (Å²) in [7, 11) is 0. The lowest BCUT2D eigenvalue weighted by Crippen LogP contribution is -2.39. The topological polar surface area (TPSA) is 49.4 Å². The summed E-state index contributed by atoms with van der Waals surface area (Å²) in [5.41, 5.74) is 0. The van der Waals surface area contributed by atoms with Crippen LogP contribution in [0.25, 0.3) is 0 Å². The van der Waals surface area contributed by atoms with Gasteiger partial charge in [0.25, 0.3) is 0 Å². The summed E-state index contributed by atoms with van der Waals surface area (Å²) in [6.45, 7) is 9.70. The van der Waals surface area contributed by atoms with E-state index in [1.807, 2.05) is 0 Å². The number of hydrogen-bond acceptors (Lipinski definition) is 2. The van der Waals surface area contributed by atoms with Crippen LogP contribution in [0.5, 0.6) is 0 Å². The number of unbranched alkanes of at least 4 members (excludes halogenated alkanes) is 1. The van der Waals surface area contributed by atoms with Gasteiger partial charge in [-0.15, -0.1) is 0 Å². The summed E-state index contributed by atoms with van der Waals surface area (Å²) >= 11 is 0. The fourth-order valence-electron chi connectivity index (χ4n) is 1.57. The number of rotatable bonds is 8. The number of carbonyl (C=O) groups excluding carboxylic acids is 2. The van der Waals surface area contributed by atoms with E-state index in [9.17, 15) is 9.59 Å². The van der Waals surface area contributed by atoms with E-state index in [0.29, 0.717) is 25.4 Å². The Bertz CT molecular complexity index is 240. The Morgan fingerprint density at radius 2 is 1.94 bits per heavy atom. The Kier molecular flexibility index (Phi) is 8.46. The summed E-state index contributed by atoms with van der Waals surface area (Å²) in [4.78, 5) is 24.5. The molecule has 0 radical (unpaired) electrons. The van der Waals surface area contributed by atoms with E-state index in [4.69, 9.17) is 0 Å². The van der Waals surface area contributed by atoms with Gasteiger partial charge in [-0.2, -0.15) is 0 Å². The van der Waals surface area contributed by atoms with E-state index < -0.39 is 0 Å². The van der Waals surface area contributed by atoms with Crippen LogP contribution in [0.2, 0.25) is 0 Å². The maximum absolute atomic E-state index is 11.4. The minimum atomic E-state index is 0.0708. The summed E-state index contributed by atoms with van der Waals surface area (Å²) < 4.78 is 0. The highest BCUT2D eigenvalue weighted by Crippen LogP contribution is 1.98. The normalized spacial score (nSPS) is 10.4. The summed E-state index contributed by atoms with van der Waals surface area (Å²) in [6, 6.07) is 0. The van der Waals surface area contributed by atoms with Gasteiger partial charge in [0.05, 0.1) is 0 Å². The number of nitrogens with one attached hydrogen (secondary N) is 1. The Morgan fingerprint density at radius 3 is 2.41 bits per heavy atom. The Hall–Kier alpha value is -1.06. The molecule has 1 N–H and O–H groups in total. The molecule has 0 aromatic carbocycles. The van der Waals surface area contributed by atoms with Crippen molar-refractivity contribution in [2.24, 2.45) is 5.92 Å². The molecular weight excluding hydrogens is 216 g/mol. The summed E-state index contributed by atoms with van der Waals surface area (Å²) in [5.74, 6) is 0.607. The van der Waals surface area contributed by atoms with Crippen LogP contribution >= 0.6 is 0 Å². The molecule has 4 nitrogen and oxygen atoms in total. The summed E-state index contributed by atoms with van der Waals surface area (Å²) in [5, 5.41) is 2.84. The lowest BCUT2D eigenvalue weighted by atomic mass is 10.2. The lowest BCUT2D eigenvalue weighted by molar-refractivity contribution is -0.130. The lowest BCUT2D eigenvalue weighted by Gasteiger charge is -2.23. The monoisotopic (exact) mass is 242 g/mol. The van der Waals surface area contributed by atoms with Crippen molar-refractivity contribution in [1.29, 1.82) is 0 Å². The van der Waals surface area contributed by atoms with Crippen LogP contribution in [0.1, 0.15) is 47.0 Å². The van der Waals surface area contributed by atoms with Crippen LogP contribution in [0.4, 0.5) is 0 Å².